The van der Waals surface area contributed by atoms with Crippen molar-refractivity contribution in [3.63, 3.8) is 0 Å². The van der Waals surface area contributed by atoms with Crippen molar-refractivity contribution in [1.29, 1.82) is 0 Å². The summed E-state index contributed by atoms with van der Waals surface area (Å²) >= 11 is 5.67. The van der Waals surface area contributed by atoms with Crippen LogP contribution in [0, 0.1) is 5.82 Å². The molecule has 1 atom stereocenters. The molecule has 0 spiro atoms. The highest BCUT2D eigenvalue weighted by Crippen LogP contribution is 2.26. The van der Waals surface area contributed by atoms with Crippen LogP contribution in [-0.4, -0.2) is 28.8 Å². The fourth-order valence-electron chi connectivity index (χ4n) is 2.12. The molecule has 0 bridgehead atoms. The van der Waals surface area contributed by atoms with Gasteiger partial charge in [0.05, 0.1) is 10.6 Å². The van der Waals surface area contributed by atoms with Gasteiger partial charge in [0, 0.05) is 19.3 Å². The Morgan fingerprint density at radius 1 is 1.47 bits per heavy atom. The van der Waals surface area contributed by atoms with Crippen molar-refractivity contribution in [3.05, 3.63) is 23.1 Å². The highest BCUT2D eigenvalue weighted by molar-refractivity contribution is 6.30. The maximum absolute atomic E-state index is 13.7. The van der Waals surface area contributed by atoms with E-state index in [1.54, 1.807) is 0 Å². The first-order valence-electron chi connectivity index (χ1n) is 5.76. The minimum absolute atomic E-state index is 0.299. The van der Waals surface area contributed by atoms with Crippen LogP contribution in [0.3, 0.4) is 0 Å². The summed E-state index contributed by atoms with van der Waals surface area (Å²) in [5.74, 6) is -0.0776. The first-order chi connectivity index (χ1) is 7.98. The van der Waals surface area contributed by atoms with E-state index in [0.29, 0.717) is 30.4 Å². The second-order valence-electron chi connectivity index (χ2n) is 4.80. The van der Waals surface area contributed by atoms with Crippen LogP contribution in [0.15, 0.2) is 12.3 Å². The first kappa shape index (κ1) is 12.6. The van der Waals surface area contributed by atoms with Gasteiger partial charge in [-0.15, -0.1) is 0 Å². The zero-order valence-corrected chi connectivity index (χ0v) is 10.5. The van der Waals surface area contributed by atoms with Crippen molar-refractivity contribution in [3.8, 4) is 0 Å². The van der Waals surface area contributed by atoms with Crippen LogP contribution < -0.4 is 4.90 Å². The van der Waals surface area contributed by atoms with E-state index in [1.165, 1.54) is 12.3 Å². The van der Waals surface area contributed by atoms with Gasteiger partial charge in [-0.2, -0.15) is 0 Å². The molecule has 0 radical (unpaired) electrons. The largest absolute Gasteiger partial charge is 0.390 e. The van der Waals surface area contributed by atoms with Gasteiger partial charge in [-0.1, -0.05) is 11.6 Å². The molecule has 0 aliphatic carbocycles. The smallest absolute Gasteiger partial charge is 0.167 e. The number of hydrogen-bond acceptors (Lipinski definition) is 3. The third-order valence-corrected chi connectivity index (χ3v) is 3.36. The Morgan fingerprint density at radius 2 is 2.24 bits per heavy atom. The molecule has 0 amide bonds. The van der Waals surface area contributed by atoms with Crippen LogP contribution in [0.1, 0.15) is 26.2 Å². The average Bonchev–Trinajstić information content (AvgIpc) is 2.40. The number of rotatable bonds is 1. The summed E-state index contributed by atoms with van der Waals surface area (Å²) in [5.41, 5.74) is -0.655. The fourth-order valence-corrected chi connectivity index (χ4v) is 2.26. The van der Waals surface area contributed by atoms with Gasteiger partial charge in [0.1, 0.15) is 0 Å². The van der Waals surface area contributed by atoms with Crippen molar-refractivity contribution in [2.45, 2.75) is 31.8 Å². The minimum Gasteiger partial charge on any atom is -0.390 e. The topological polar surface area (TPSA) is 36.4 Å². The maximum atomic E-state index is 13.7. The lowest BCUT2D eigenvalue weighted by molar-refractivity contribution is 0.0481. The van der Waals surface area contributed by atoms with E-state index in [-0.39, 0.29) is 0 Å². The lowest BCUT2D eigenvalue weighted by atomic mass is 9.98. The molecule has 1 unspecified atom stereocenters. The Balaban J connectivity index is 2.17. The Bertz CT molecular complexity index is 411. The van der Waals surface area contributed by atoms with Crippen molar-refractivity contribution in [2.24, 2.45) is 0 Å². The number of hydrogen-bond donors (Lipinski definition) is 1. The molecule has 1 fully saturated rings. The molecule has 0 saturated carbocycles. The zero-order valence-electron chi connectivity index (χ0n) is 9.79. The lowest BCUT2D eigenvalue weighted by Gasteiger charge is -2.23. The van der Waals surface area contributed by atoms with Crippen LogP contribution in [0.25, 0.3) is 0 Å². The molecule has 1 aliphatic rings. The monoisotopic (exact) mass is 258 g/mol. The number of halogens is 2. The zero-order chi connectivity index (χ0) is 12.5. The van der Waals surface area contributed by atoms with Gasteiger partial charge in [-0.05, 0) is 32.3 Å². The Kier molecular flexibility index (Phi) is 3.54. The lowest BCUT2D eigenvalue weighted by Crippen LogP contribution is -2.29. The van der Waals surface area contributed by atoms with Crippen molar-refractivity contribution < 1.29 is 9.50 Å². The SMILES string of the molecule is CC1(O)CCCN(c2ncc(Cl)cc2F)CC1. The Hall–Kier alpha value is -0.870. The van der Waals surface area contributed by atoms with Crippen molar-refractivity contribution >= 4 is 17.4 Å². The predicted molar refractivity (Wildman–Crippen MR) is 65.9 cm³/mol. The molecule has 3 nitrogen and oxygen atoms in total. The summed E-state index contributed by atoms with van der Waals surface area (Å²) in [6.07, 6.45) is 3.63. The molecule has 1 saturated heterocycles. The van der Waals surface area contributed by atoms with Gasteiger partial charge in [0.15, 0.2) is 11.6 Å². The summed E-state index contributed by atoms with van der Waals surface area (Å²) in [6, 6.07) is 1.27. The van der Waals surface area contributed by atoms with Crippen LogP contribution >= 0.6 is 11.6 Å². The van der Waals surface area contributed by atoms with Crippen LogP contribution in [0.5, 0.6) is 0 Å². The van der Waals surface area contributed by atoms with Gasteiger partial charge in [0.25, 0.3) is 0 Å². The summed E-state index contributed by atoms with van der Waals surface area (Å²) in [7, 11) is 0. The highest BCUT2D eigenvalue weighted by atomic mass is 35.5. The second-order valence-corrected chi connectivity index (χ2v) is 5.23. The number of aromatic nitrogens is 1. The van der Waals surface area contributed by atoms with E-state index in [4.69, 9.17) is 11.6 Å². The quantitative estimate of drug-likeness (QED) is 0.841. The number of nitrogens with zero attached hydrogens (tertiary/aromatic N) is 2. The molecular weight excluding hydrogens is 243 g/mol. The van der Waals surface area contributed by atoms with Gasteiger partial charge in [-0.3, -0.25) is 0 Å². The highest BCUT2D eigenvalue weighted by Gasteiger charge is 2.26. The standard InChI is InChI=1S/C12H16ClFN2O/c1-12(17)3-2-5-16(6-4-12)11-10(14)7-9(13)8-15-11/h7-8,17H,2-6H2,1H3. The molecule has 1 aromatic heterocycles. The molecule has 17 heavy (non-hydrogen) atoms. The average molecular weight is 259 g/mol. The van der Waals surface area contributed by atoms with Gasteiger partial charge in [-0.25, -0.2) is 9.37 Å². The van der Waals surface area contributed by atoms with E-state index in [9.17, 15) is 9.50 Å². The number of aliphatic hydroxyl groups is 1. The first-order valence-corrected chi connectivity index (χ1v) is 6.14. The molecule has 2 heterocycles. The van der Waals surface area contributed by atoms with Crippen molar-refractivity contribution in [1.82, 2.24) is 4.98 Å². The van der Waals surface area contributed by atoms with Crippen LogP contribution in [0.2, 0.25) is 5.02 Å². The third kappa shape index (κ3) is 3.07. The van der Waals surface area contributed by atoms with Gasteiger partial charge in [0.2, 0.25) is 0 Å². The van der Waals surface area contributed by atoms with Gasteiger partial charge >= 0.3 is 0 Å². The molecule has 1 aromatic rings. The number of anilines is 1. The summed E-state index contributed by atoms with van der Waals surface area (Å²) in [5, 5.41) is 10.3. The summed E-state index contributed by atoms with van der Waals surface area (Å²) in [4.78, 5) is 5.90. The Labute approximate surface area is 105 Å². The second kappa shape index (κ2) is 4.78. The molecule has 0 aromatic carbocycles. The summed E-state index contributed by atoms with van der Waals surface area (Å²) in [6.45, 7) is 3.14. The predicted octanol–water partition coefficient (Wildman–Crippen LogP) is 2.62. The third-order valence-electron chi connectivity index (χ3n) is 3.15. The van der Waals surface area contributed by atoms with E-state index in [0.717, 1.165) is 12.8 Å². The summed E-state index contributed by atoms with van der Waals surface area (Å²) < 4.78 is 13.7. The van der Waals surface area contributed by atoms with Crippen LogP contribution in [0.4, 0.5) is 10.2 Å². The van der Waals surface area contributed by atoms with E-state index >= 15 is 0 Å². The molecule has 2 rings (SSSR count). The fraction of sp³-hybridized carbons (Fsp3) is 0.583. The molecule has 1 N–H and O–H groups in total. The van der Waals surface area contributed by atoms with Gasteiger partial charge < -0.3 is 10.0 Å². The number of pyridine rings is 1. The Morgan fingerprint density at radius 3 is 2.94 bits per heavy atom. The molecule has 1 aliphatic heterocycles. The van der Waals surface area contributed by atoms with E-state index < -0.39 is 11.4 Å². The normalized spacial score (nSPS) is 25.8. The van der Waals surface area contributed by atoms with E-state index in [2.05, 4.69) is 4.98 Å². The van der Waals surface area contributed by atoms with Crippen LogP contribution in [-0.2, 0) is 0 Å². The molecular formula is C12H16ClFN2O. The maximum Gasteiger partial charge on any atom is 0.167 e. The molecule has 5 heteroatoms. The minimum atomic E-state index is -0.655. The van der Waals surface area contributed by atoms with Crippen molar-refractivity contribution in [2.75, 3.05) is 18.0 Å². The molecule has 94 valence electrons. The van der Waals surface area contributed by atoms with E-state index in [1.807, 2.05) is 11.8 Å².